The average molecular weight is 353 g/mol. The van der Waals surface area contributed by atoms with Crippen molar-refractivity contribution in [1.29, 1.82) is 0 Å². The molecule has 0 N–H and O–H groups in total. The molecule has 0 atom stereocenters. The highest BCUT2D eigenvalue weighted by Crippen LogP contribution is 2.48. The summed E-state index contributed by atoms with van der Waals surface area (Å²) in [6, 6.07) is 12.0. The van der Waals surface area contributed by atoms with Crippen molar-refractivity contribution in [3.63, 3.8) is 0 Å². The van der Waals surface area contributed by atoms with Gasteiger partial charge in [-0.1, -0.05) is 6.07 Å². The highest BCUT2D eigenvalue weighted by atomic mass is 32.2. The van der Waals surface area contributed by atoms with Gasteiger partial charge >= 0.3 is 0 Å². The van der Waals surface area contributed by atoms with E-state index >= 15 is 0 Å². The van der Waals surface area contributed by atoms with Crippen LogP contribution in [0.3, 0.4) is 0 Å². The second-order valence-electron chi connectivity index (χ2n) is 5.66. The van der Waals surface area contributed by atoms with Gasteiger partial charge in [0, 0.05) is 12.4 Å². The molecular formula is C18H15N3O3S. The normalized spacial score (nSPS) is 14.6. The Kier molecular flexibility index (Phi) is 3.47. The predicted molar refractivity (Wildman–Crippen MR) is 93.5 cm³/mol. The van der Waals surface area contributed by atoms with Crippen molar-refractivity contribution in [1.82, 2.24) is 9.97 Å². The Morgan fingerprint density at radius 2 is 1.56 bits per heavy atom. The third kappa shape index (κ3) is 2.27. The summed E-state index contributed by atoms with van der Waals surface area (Å²) in [4.78, 5) is 10.7. The van der Waals surface area contributed by atoms with Crippen molar-refractivity contribution in [3.8, 4) is 5.75 Å². The number of pyridine rings is 2. The van der Waals surface area contributed by atoms with Crippen LogP contribution < -0.4 is 9.64 Å². The fourth-order valence-electron chi connectivity index (χ4n) is 2.94. The monoisotopic (exact) mass is 353 g/mol. The number of nitrogens with zero attached hydrogens (tertiary/aromatic N) is 3. The van der Waals surface area contributed by atoms with Gasteiger partial charge in [-0.15, -0.1) is 0 Å². The molecule has 0 fully saturated rings. The lowest BCUT2D eigenvalue weighted by Gasteiger charge is -2.31. The van der Waals surface area contributed by atoms with Crippen LogP contribution in [0.1, 0.15) is 5.56 Å². The molecule has 126 valence electrons. The van der Waals surface area contributed by atoms with Crippen LogP contribution >= 0.6 is 0 Å². The molecule has 3 heterocycles. The third-order valence-electron chi connectivity index (χ3n) is 4.08. The van der Waals surface area contributed by atoms with Crippen LogP contribution in [0.25, 0.3) is 0 Å². The second-order valence-corrected chi connectivity index (χ2v) is 7.55. The molecular weight excluding hydrogens is 338 g/mol. The second kappa shape index (κ2) is 5.56. The minimum atomic E-state index is -3.68. The van der Waals surface area contributed by atoms with Gasteiger partial charge in [0.05, 0.1) is 12.8 Å². The van der Waals surface area contributed by atoms with E-state index in [0.717, 1.165) is 5.56 Å². The number of anilines is 3. The van der Waals surface area contributed by atoms with E-state index in [1.54, 1.807) is 48.7 Å². The van der Waals surface area contributed by atoms with Crippen LogP contribution in [0, 0.1) is 6.92 Å². The molecule has 2 aromatic heterocycles. The lowest BCUT2D eigenvalue weighted by atomic mass is 10.2. The van der Waals surface area contributed by atoms with E-state index in [1.165, 1.54) is 0 Å². The molecule has 0 spiro atoms. The van der Waals surface area contributed by atoms with Gasteiger partial charge in [-0.2, -0.15) is 0 Å². The maximum absolute atomic E-state index is 12.9. The van der Waals surface area contributed by atoms with Crippen molar-refractivity contribution in [2.75, 3.05) is 12.0 Å². The topological polar surface area (TPSA) is 72.4 Å². The van der Waals surface area contributed by atoms with Gasteiger partial charge in [0.1, 0.15) is 15.5 Å². The summed E-state index contributed by atoms with van der Waals surface area (Å²) in [5.74, 6) is 1.25. The quantitative estimate of drug-likeness (QED) is 0.550. The zero-order chi connectivity index (χ0) is 17.6. The number of sulfone groups is 1. The molecule has 25 heavy (non-hydrogen) atoms. The van der Waals surface area contributed by atoms with Crippen LogP contribution in [0.15, 0.2) is 64.6 Å². The van der Waals surface area contributed by atoms with Crippen LogP contribution in [-0.4, -0.2) is 25.5 Å². The molecule has 0 unspecified atom stereocenters. The lowest BCUT2D eigenvalue weighted by molar-refractivity contribution is 0.415. The zero-order valence-electron chi connectivity index (χ0n) is 13.7. The van der Waals surface area contributed by atoms with E-state index in [1.807, 2.05) is 25.1 Å². The van der Waals surface area contributed by atoms with E-state index in [-0.39, 0.29) is 9.79 Å². The van der Waals surface area contributed by atoms with Gasteiger partial charge in [-0.25, -0.2) is 18.4 Å². The molecule has 6 nitrogen and oxygen atoms in total. The van der Waals surface area contributed by atoms with Crippen molar-refractivity contribution in [2.24, 2.45) is 0 Å². The number of aromatic nitrogens is 2. The fourth-order valence-corrected chi connectivity index (χ4v) is 4.46. The summed E-state index contributed by atoms with van der Waals surface area (Å²) >= 11 is 0. The highest BCUT2D eigenvalue weighted by molar-refractivity contribution is 7.92. The number of methoxy groups -OCH3 is 1. The Morgan fingerprint density at radius 1 is 0.960 bits per heavy atom. The van der Waals surface area contributed by atoms with E-state index < -0.39 is 9.84 Å². The molecule has 0 saturated heterocycles. The number of fused-ring (bicyclic) bond motifs is 2. The Morgan fingerprint density at radius 3 is 2.12 bits per heavy atom. The van der Waals surface area contributed by atoms with Gasteiger partial charge in [0.2, 0.25) is 9.84 Å². The Bertz CT molecular complexity index is 1030. The van der Waals surface area contributed by atoms with Crippen molar-refractivity contribution < 1.29 is 13.2 Å². The number of rotatable bonds is 2. The predicted octanol–water partition coefficient (Wildman–Crippen LogP) is 3.41. The van der Waals surface area contributed by atoms with Crippen LogP contribution in [0.5, 0.6) is 5.75 Å². The first-order valence-electron chi connectivity index (χ1n) is 7.64. The first-order valence-corrected chi connectivity index (χ1v) is 9.12. The number of benzene rings is 1. The molecule has 1 aliphatic rings. The molecule has 0 amide bonds. The number of hydrogen-bond donors (Lipinski definition) is 0. The highest BCUT2D eigenvalue weighted by Gasteiger charge is 2.37. The fraction of sp³-hybridized carbons (Fsp3) is 0.111. The van der Waals surface area contributed by atoms with E-state index in [9.17, 15) is 8.42 Å². The molecule has 4 rings (SSSR count). The van der Waals surface area contributed by atoms with E-state index in [2.05, 4.69) is 9.97 Å². The molecule has 0 saturated carbocycles. The standard InChI is InChI=1S/C18H15N3O3S/c1-12-7-8-13(14(11-12)24-2)21-17-15(5-3-9-19-17)25(22,23)16-6-4-10-20-18(16)21/h3-11H,1-2H3. The van der Waals surface area contributed by atoms with E-state index in [4.69, 9.17) is 4.74 Å². The summed E-state index contributed by atoms with van der Waals surface area (Å²) in [5, 5.41) is 0. The molecule has 7 heteroatoms. The maximum Gasteiger partial charge on any atom is 0.213 e. The molecule has 0 radical (unpaired) electrons. The summed E-state index contributed by atoms with van der Waals surface area (Å²) < 4.78 is 31.4. The van der Waals surface area contributed by atoms with Crippen molar-refractivity contribution in [2.45, 2.75) is 16.7 Å². The van der Waals surface area contributed by atoms with Crippen molar-refractivity contribution in [3.05, 3.63) is 60.4 Å². The molecule has 1 aromatic carbocycles. The minimum Gasteiger partial charge on any atom is -0.495 e. The Labute approximate surface area is 145 Å². The summed E-state index contributed by atoms with van der Waals surface area (Å²) in [6.45, 7) is 1.96. The number of hydrogen-bond acceptors (Lipinski definition) is 6. The van der Waals surface area contributed by atoms with Crippen LogP contribution in [0.4, 0.5) is 17.3 Å². The SMILES string of the molecule is COc1cc(C)ccc1N1c2ncccc2S(=O)(=O)c2cccnc21. The first kappa shape index (κ1) is 15.6. The van der Waals surface area contributed by atoms with Crippen molar-refractivity contribution >= 4 is 27.2 Å². The van der Waals surface area contributed by atoms with E-state index in [0.29, 0.717) is 23.1 Å². The molecule has 3 aromatic rings. The summed E-state index contributed by atoms with van der Waals surface area (Å²) in [6.07, 6.45) is 3.13. The van der Waals surface area contributed by atoms with Crippen LogP contribution in [-0.2, 0) is 9.84 Å². The van der Waals surface area contributed by atoms with Gasteiger partial charge in [0.25, 0.3) is 0 Å². The Balaban J connectivity index is 2.08. The summed E-state index contributed by atoms with van der Waals surface area (Å²) in [5.41, 5.74) is 1.72. The van der Waals surface area contributed by atoms with Gasteiger partial charge < -0.3 is 4.74 Å². The van der Waals surface area contributed by atoms with Gasteiger partial charge in [-0.3, -0.25) is 4.90 Å². The third-order valence-corrected chi connectivity index (χ3v) is 5.88. The van der Waals surface area contributed by atoms with Gasteiger partial charge in [-0.05, 0) is 48.9 Å². The average Bonchev–Trinajstić information content (AvgIpc) is 2.63. The zero-order valence-corrected chi connectivity index (χ0v) is 14.5. The lowest BCUT2D eigenvalue weighted by Crippen LogP contribution is -2.24. The molecule has 1 aliphatic heterocycles. The maximum atomic E-state index is 12.9. The Hall–Kier alpha value is -2.93. The minimum absolute atomic E-state index is 0.151. The van der Waals surface area contributed by atoms with Crippen LogP contribution in [0.2, 0.25) is 0 Å². The summed E-state index contributed by atoms with van der Waals surface area (Å²) in [7, 11) is -2.10. The molecule has 0 bridgehead atoms. The first-order chi connectivity index (χ1) is 12.0. The number of aryl methyl sites for hydroxylation is 1. The number of ether oxygens (including phenoxy) is 1. The molecule has 0 aliphatic carbocycles. The smallest absolute Gasteiger partial charge is 0.213 e. The largest absolute Gasteiger partial charge is 0.495 e. The van der Waals surface area contributed by atoms with Gasteiger partial charge in [0.15, 0.2) is 11.6 Å².